The molecule has 40 heavy (non-hydrogen) atoms. The molecule has 3 aliphatic rings. The van der Waals surface area contributed by atoms with E-state index in [-0.39, 0.29) is 13.1 Å². The van der Waals surface area contributed by atoms with Crippen molar-refractivity contribution in [2.24, 2.45) is 11.5 Å². The first kappa shape index (κ1) is 31.3. The molecule has 0 aliphatic carbocycles. The molecule has 0 aromatic rings. The van der Waals surface area contributed by atoms with Gasteiger partial charge in [-0.1, -0.05) is 0 Å². The van der Waals surface area contributed by atoms with Gasteiger partial charge in [-0.15, -0.1) is 0 Å². The molecule has 0 aromatic heterocycles. The Labute approximate surface area is 234 Å². The van der Waals surface area contributed by atoms with Crippen LogP contribution in [0, 0.1) is 0 Å². The summed E-state index contributed by atoms with van der Waals surface area (Å²) < 4.78 is 0. The van der Waals surface area contributed by atoms with Crippen LogP contribution in [0.15, 0.2) is 0 Å². The Morgan fingerprint density at radius 3 is 1.38 bits per heavy atom. The third-order valence-electron chi connectivity index (χ3n) is 7.74. The second-order valence-corrected chi connectivity index (χ2v) is 10.6. The van der Waals surface area contributed by atoms with E-state index >= 15 is 0 Å². The first-order valence-electron chi connectivity index (χ1n) is 14.4. The Hall–Kier alpha value is -3.26. The van der Waals surface area contributed by atoms with Gasteiger partial charge < -0.3 is 42.5 Å². The number of unbranched alkanes of at least 4 members (excludes halogenated alkanes) is 2. The molecular weight excluding hydrogens is 520 g/mol. The highest BCUT2D eigenvalue weighted by Crippen LogP contribution is 2.20. The number of fused-ring (bicyclic) bond motifs is 2. The minimum Gasteiger partial charge on any atom is -0.345 e. The fraction of sp³-hybridized carbons (Fsp3) is 0.769. The highest BCUT2D eigenvalue weighted by atomic mass is 16.2. The fourth-order valence-corrected chi connectivity index (χ4v) is 5.51. The van der Waals surface area contributed by atoms with Gasteiger partial charge in [0.15, 0.2) is 0 Å². The Kier molecular flexibility index (Phi) is 12.1. The molecule has 3 rings (SSSR count). The summed E-state index contributed by atoms with van der Waals surface area (Å²) in [6.45, 7) is 0.896. The molecule has 0 bridgehead atoms. The van der Waals surface area contributed by atoms with Crippen LogP contribution in [0.2, 0.25) is 0 Å². The maximum absolute atomic E-state index is 13.2. The van der Waals surface area contributed by atoms with Crippen LogP contribution in [0.3, 0.4) is 0 Å². The van der Waals surface area contributed by atoms with Gasteiger partial charge in [0.1, 0.15) is 24.2 Å². The lowest BCUT2D eigenvalue weighted by atomic mass is 10.1. The average Bonchev–Trinajstić information content (AvgIpc) is 3.63. The smallest absolute Gasteiger partial charge is 0.243 e. The SMILES string of the molecule is NCCCC[C@@H]1NC(=O)[C@@H]2CCCN2C(=O)CNC(=O)[C@H](CCCCN)NC(=O)[C@@H]2CCCN2C(=O)CNC1=O. The van der Waals surface area contributed by atoms with Gasteiger partial charge in [-0.2, -0.15) is 0 Å². The van der Waals surface area contributed by atoms with E-state index in [2.05, 4.69) is 21.3 Å². The van der Waals surface area contributed by atoms with Crippen LogP contribution < -0.4 is 32.7 Å². The molecule has 3 aliphatic heterocycles. The number of nitrogens with zero attached hydrogens (tertiary/aromatic N) is 2. The van der Waals surface area contributed by atoms with Crippen LogP contribution in [0.25, 0.3) is 0 Å². The van der Waals surface area contributed by atoms with E-state index in [4.69, 9.17) is 11.5 Å². The predicted octanol–water partition coefficient (Wildman–Crippen LogP) is -2.56. The van der Waals surface area contributed by atoms with Crippen LogP contribution in [0.4, 0.5) is 0 Å². The summed E-state index contributed by atoms with van der Waals surface area (Å²) >= 11 is 0. The molecule has 0 aromatic carbocycles. The quantitative estimate of drug-likeness (QED) is 0.172. The highest BCUT2D eigenvalue weighted by Gasteiger charge is 2.38. The molecule has 3 fully saturated rings. The van der Waals surface area contributed by atoms with Gasteiger partial charge in [0.25, 0.3) is 0 Å². The minimum atomic E-state index is -0.907. The molecule has 3 saturated heterocycles. The Balaban J connectivity index is 1.83. The molecule has 14 nitrogen and oxygen atoms in total. The van der Waals surface area contributed by atoms with Gasteiger partial charge in [-0.05, 0) is 77.3 Å². The van der Waals surface area contributed by atoms with Crippen molar-refractivity contribution in [3.8, 4) is 0 Å². The molecule has 4 atom stereocenters. The Bertz CT molecular complexity index is 872. The largest absolute Gasteiger partial charge is 0.345 e. The zero-order valence-corrected chi connectivity index (χ0v) is 23.1. The van der Waals surface area contributed by atoms with Gasteiger partial charge in [0, 0.05) is 13.1 Å². The lowest BCUT2D eigenvalue weighted by molar-refractivity contribution is -0.141. The third kappa shape index (κ3) is 8.37. The summed E-state index contributed by atoms with van der Waals surface area (Å²) in [6.07, 6.45) is 5.18. The predicted molar refractivity (Wildman–Crippen MR) is 145 cm³/mol. The highest BCUT2D eigenvalue weighted by molar-refractivity contribution is 5.97. The molecule has 0 saturated carbocycles. The second kappa shape index (κ2) is 15.5. The van der Waals surface area contributed by atoms with Crippen molar-refractivity contribution in [1.29, 1.82) is 0 Å². The summed E-state index contributed by atoms with van der Waals surface area (Å²) in [4.78, 5) is 81.5. The number of rotatable bonds is 8. The van der Waals surface area contributed by atoms with Crippen LogP contribution in [0.5, 0.6) is 0 Å². The number of nitrogens with one attached hydrogen (secondary N) is 4. The van der Waals surface area contributed by atoms with Crippen molar-refractivity contribution in [2.45, 2.75) is 88.4 Å². The van der Waals surface area contributed by atoms with E-state index in [9.17, 15) is 28.8 Å². The van der Waals surface area contributed by atoms with Crippen LogP contribution in [0.1, 0.15) is 64.2 Å². The maximum atomic E-state index is 13.2. The average molecular weight is 565 g/mol. The maximum Gasteiger partial charge on any atom is 0.243 e. The number of carbonyl (C=O) groups is 6. The summed E-state index contributed by atoms with van der Waals surface area (Å²) in [6, 6.07) is -3.37. The second-order valence-electron chi connectivity index (χ2n) is 10.6. The monoisotopic (exact) mass is 564 g/mol. The first-order valence-corrected chi connectivity index (χ1v) is 14.4. The summed E-state index contributed by atoms with van der Waals surface area (Å²) in [7, 11) is 0. The van der Waals surface area contributed by atoms with Crippen LogP contribution in [-0.4, -0.2) is 109 Å². The zero-order valence-electron chi connectivity index (χ0n) is 23.1. The normalized spacial score (nSPS) is 27.2. The van der Waals surface area contributed by atoms with E-state index in [0.29, 0.717) is 90.4 Å². The summed E-state index contributed by atoms with van der Waals surface area (Å²) in [5, 5.41) is 10.8. The standard InChI is InChI=1S/C26H44N8O6/c27-11-3-1-7-17-23(37)29-15-21(35)34-14-6-10-20(34)26(40)32-18(8-2-4-12-28)24(38)30-16-22(36)33-13-5-9-19(33)25(39)31-17/h17-20H,1-16,27-28H2,(H,29,37)(H,30,38)(H,31,39)(H,32,40)/t17-,18-,19-,20-/m0/s1. The topological polar surface area (TPSA) is 209 Å². The van der Waals surface area contributed by atoms with Crippen molar-refractivity contribution in [2.75, 3.05) is 39.3 Å². The van der Waals surface area contributed by atoms with E-state index in [0.717, 1.165) is 0 Å². The van der Waals surface area contributed by atoms with E-state index in [1.165, 1.54) is 9.80 Å². The number of nitrogens with two attached hydrogens (primary N) is 2. The lowest BCUT2D eigenvalue weighted by Gasteiger charge is -2.29. The van der Waals surface area contributed by atoms with Crippen LogP contribution >= 0.6 is 0 Å². The summed E-state index contributed by atoms with van der Waals surface area (Å²) in [5.74, 6) is -2.77. The molecule has 6 amide bonds. The fourth-order valence-electron chi connectivity index (χ4n) is 5.51. The first-order chi connectivity index (χ1) is 19.3. The molecule has 0 unspecified atom stereocenters. The van der Waals surface area contributed by atoms with Crippen molar-refractivity contribution in [3.63, 3.8) is 0 Å². The molecule has 8 N–H and O–H groups in total. The molecule has 3 heterocycles. The van der Waals surface area contributed by atoms with Gasteiger partial charge in [-0.3, -0.25) is 28.8 Å². The lowest BCUT2D eigenvalue weighted by Crippen LogP contribution is -2.57. The Morgan fingerprint density at radius 1 is 0.600 bits per heavy atom. The van der Waals surface area contributed by atoms with Crippen molar-refractivity contribution < 1.29 is 28.8 Å². The van der Waals surface area contributed by atoms with E-state index in [1.54, 1.807) is 0 Å². The minimum absolute atomic E-state index is 0.319. The molecule has 224 valence electrons. The molecule has 14 heteroatoms. The molecule has 0 spiro atoms. The Morgan fingerprint density at radius 2 is 1.00 bits per heavy atom. The number of hydrogen-bond acceptors (Lipinski definition) is 8. The zero-order chi connectivity index (χ0) is 29.1. The van der Waals surface area contributed by atoms with Crippen molar-refractivity contribution in [3.05, 3.63) is 0 Å². The van der Waals surface area contributed by atoms with Gasteiger partial charge in [0.05, 0.1) is 13.1 Å². The van der Waals surface area contributed by atoms with Gasteiger partial charge in [0.2, 0.25) is 35.4 Å². The molecular formula is C26H44N8O6. The molecule has 0 radical (unpaired) electrons. The number of amides is 6. The van der Waals surface area contributed by atoms with E-state index in [1.807, 2.05) is 0 Å². The van der Waals surface area contributed by atoms with E-state index < -0.39 is 59.6 Å². The van der Waals surface area contributed by atoms with Gasteiger partial charge in [-0.25, -0.2) is 0 Å². The number of carbonyl (C=O) groups excluding carboxylic acids is 6. The van der Waals surface area contributed by atoms with Crippen molar-refractivity contribution >= 4 is 35.4 Å². The number of hydrogen-bond donors (Lipinski definition) is 6. The summed E-state index contributed by atoms with van der Waals surface area (Å²) in [5.41, 5.74) is 11.2. The van der Waals surface area contributed by atoms with Crippen LogP contribution in [-0.2, 0) is 28.8 Å². The van der Waals surface area contributed by atoms with Gasteiger partial charge >= 0.3 is 0 Å². The van der Waals surface area contributed by atoms with Crippen molar-refractivity contribution in [1.82, 2.24) is 31.1 Å². The third-order valence-corrected chi connectivity index (χ3v) is 7.74.